The van der Waals surface area contributed by atoms with Crippen molar-refractivity contribution in [3.05, 3.63) is 0 Å². The van der Waals surface area contributed by atoms with Crippen LogP contribution in [0, 0.1) is 0 Å². The molecule has 0 spiro atoms. The second-order valence-electron chi connectivity index (χ2n) is 6.86. The first-order valence-corrected chi connectivity index (χ1v) is 8.82. The van der Waals surface area contributed by atoms with E-state index in [1.807, 2.05) is 0 Å². The highest BCUT2D eigenvalue weighted by Crippen LogP contribution is 2.33. The van der Waals surface area contributed by atoms with Gasteiger partial charge in [-0.25, -0.2) is 0 Å². The van der Waals surface area contributed by atoms with Crippen molar-refractivity contribution in [2.45, 2.75) is 73.8 Å². The quantitative estimate of drug-likeness (QED) is 0.196. The minimum atomic E-state index is -1.62. The lowest BCUT2D eigenvalue weighted by atomic mass is 10.1. The first-order chi connectivity index (χ1) is 13.3. The average Bonchev–Trinajstić information content (AvgIpc) is 3.25. The highest BCUT2D eigenvalue weighted by molar-refractivity contribution is 4.94. The van der Waals surface area contributed by atoms with Crippen molar-refractivity contribution in [2.24, 2.45) is 0 Å². The van der Waals surface area contributed by atoms with Crippen molar-refractivity contribution in [2.75, 3.05) is 19.8 Å². The van der Waals surface area contributed by atoms with Crippen LogP contribution in [-0.2, 0) is 23.7 Å². The van der Waals surface area contributed by atoms with Crippen LogP contribution in [0.15, 0.2) is 0 Å². The summed E-state index contributed by atoms with van der Waals surface area (Å²) in [5, 5.41) is 77.5. The number of ether oxygens (including phenoxy) is 5. The van der Waals surface area contributed by atoms with E-state index < -0.39 is 93.6 Å². The summed E-state index contributed by atoms with van der Waals surface area (Å²) in [6.07, 6.45) is -16.3. The van der Waals surface area contributed by atoms with Gasteiger partial charge in [0.25, 0.3) is 0 Å². The summed E-state index contributed by atoms with van der Waals surface area (Å²) >= 11 is 0. The number of rotatable bonds is 7. The van der Waals surface area contributed by atoms with Gasteiger partial charge in [0.1, 0.15) is 54.9 Å². The van der Waals surface area contributed by atoms with Gasteiger partial charge in [-0.3, -0.25) is 0 Å². The Balaban J connectivity index is 1.70. The van der Waals surface area contributed by atoms with Gasteiger partial charge in [0.15, 0.2) is 18.9 Å². The smallest absolute Gasteiger partial charge is 0.187 e. The van der Waals surface area contributed by atoms with E-state index in [0.717, 1.165) is 0 Å². The third kappa shape index (κ3) is 4.04. The molecule has 13 nitrogen and oxygen atoms in total. The molecular weight excluding hydrogens is 388 g/mol. The molecule has 3 rings (SSSR count). The summed E-state index contributed by atoms with van der Waals surface area (Å²) in [6.45, 7) is -1.76. The van der Waals surface area contributed by atoms with Crippen molar-refractivity contribution < 1.29 is 64.5 Å². The van der Waals surface area contributed by atoms with Gasteiger partial charge in [-0.15, -0.1) is 0 Å². The molecule has 3 saturated heterocycles. The van der Waals surface area contributed by atoms with Crippen LogP contribution < -0.4 is 0 Å². The van der Waals surface area contributed by atoms with Crippen molar-refractivity contribution in [1.29, 1.82) is 0 Å². The number of aliphatic hydroxyl groups is 8. The summed E-state index contributed by atoms with van der Waals surface area (Å²) in [5.41, 5.74) is 0. The maximum Gasteiger partial charge on any atom is 0.187 e. The fourth-order valence-electron chi connectivity index (χ4n) is 3.43. The molecule has 3 heterocycles. The molecule has 0 aromatic carbocycles. The van der Waals surface area contributed by atoms with Gasteiger partial charge in [0.2, 0.25) is 0 Å². The SMILES string of the molecule is OC[C@H]1O[C@H](O[C@H]2[C@H](O[C@H]3O[C@H](CO)[C@@H](O)[C@@H]3O)[C@@H](CO)O[C@@H]2O)[C@@H](O)[C@@H]1O. The lowest BCUT2D eigenvalue weighted by molar-refractivity contribution is -0.259. The normalized spacial score (nSPS) is 51.9. The molecule has 0 unspecified atom stereocenters. The van der Waals surface area contributed by atoms with E-state index >= 15 is 0 Å². The summed E-state index contributed by atoms with van der Waals surface area (Å²) in [7, 11) is 0. The van der Waals surface area contributed by atoms with Crippen molar-refractivity contribution in [1.82, 2.24) is 0 Å². The monoisotopic (exact) mass is 414 g/mol. The molecule has 3 aliphatic rings. The fraction of sp³-hybridized carbons (Fsp3) is 1.00. The van der Waals surface area contributed by atoms with Crippen LogP contribution in [0.25, 0.3) is 0 Å². The molecule has 0 amide bonds. The molecule has 28 heavy (non-hydrogen) atoms. The Morgan fingerprint density at radius 1 is 0.536 bits per heavy atom. The topological polar surface area (TPSA) is 208 Å². The molecular formula is C15H26O13. The Kier molecular flexibility index (Phi) is 7.20. The minimum absolute atomic E-state index is 0.576. The molecule has 0 saturated carbocycles. The standard InChI is InChI=1S/C15H26O13/c16-1-4-7(19)9(21)14(25-4)27-11-6(3-18)24-13(23)12(11)28-15-10(22)8(20)5(2-17)26-15/h4-23H,1-3H2/t4-,5-,6-,7-,8-,9+,10+,11-,12+,13+,14-,15-/m1/s1. The average molecular weight is 414 g/mol. The predicted molar refractivity (Wildman–Crippen MR) is 83.2 cm³/mol. The van der Waals surface area contributed by atoms with Gasteiger partial charge >= 0.3 is 0 Å². The van der Waals surface area contributed by atoms with Gasteiger partial charge in [-0.1, -0.05) is 0 Å². The molecule has 8 N–H and O–H groups in total. The van der Waals surface area contributed by atoms with E-state index in [0.29, 0.717) is 0 Å². The lowest BCUT2D eigenvalue weighted by Crippen LogP contribution is -2.47. The van der Waals surface area contributed by atoms with Gasteiger partial charge in [0, 0.05) is 0 Å². The van der Waals surface area contributed by atoms with Crippen LogP contribution in [0.1, 0.15) is 0 Å². The van der Waals surface area contributed by atoms with Gasteiger partial charge in [0.05, 0.1) is 19.8 Å². The molecule has 0 bridgehead atoms. The van der Waals surface area contributed by atoms with Gasteiger partial charge < -0.3 is 64.5 Å². The minimum Gasteiger partial charge on any atom is -0.394 e. The molecule has 13 heteroatoms. The molecule has 0 radical (unpaired) electrons. The summed E-state index contributed by atoms with van der Waals surface area (Å²) in [6, 6.07) is 0. The van der Waals surface area contributed by atoms with Crippen LogP contribution >= 0.6 is 0 Å². The number of aliphatic hydroxyl groups excluding tert-OH is 8. The Morgan fingerprint density at radius 2 is 0.964 bits per heavy atom. The summed E-state index contributed by atoms with van der Waals surface area (Å²) in [4.78, 5) is 0. The van der Waals surface area contributed by atoms with E-state index in [-0.39, 0.29) is 0 Å². The summed E-state index contributed by atoms with van der Waals surface area (Å²) < 4.78 is 26.6. The van der Waals surface area contributed by atoms with E-state index in [9.17, 15) is 30.6 Å². The highest BCUT2D eigenvalue weighted by atomic mass is 16.8. The summed E-state index contributed by atoms with van der Waals surface area (Å²) in [5.74, 6) is 0. The van der Waals surface area contributed by atoms with E-state index in [2.05, 4.69) is 0 Å². The van der Waals surface area contributed by atoms with Gasteiger partial charge in [-0.2, -0.15) is 0 Å². The zero-order valence-electron chi connectivity index (χ0n) is 14.7. The second-order valence-corrected chi connectivity index (χ2v) is 6.86. The Hall–Kier alpha value is -0.520. The van der Waals surface area contributed by atoms with Crippen LogP contribution in [-0.4, -0.2) is 134 Å². The van der Waals surface area contributed by atoms with Crippen LogP contribution in [0.2, 0.25) is 0 Å². The Morgan fingerprint density at radius 3 is 1.36 bits per heavy atom. The third-order valence-electron chi connectivity index (χ3n) is 5.05. The molecule has 0 aromatic heterocycles. The van der Waals surface area contributed by atoms with E-state index in [1.165, 1.54) is 0 Å². The largest absolute Gasteiger partial charge is 0.394 e. The molecule has 164 valence electrons. The van der Waals surface area contributed by atoms with Crippen molar-refractivity contribution in [3.8, 4) is 0 Å². The Bertz CT molecular complexity index is 508. The van der Waals surface area contributed by atoms with Crippen LogP contribution in [0.3, 0.4) is 0 Å². The Labute approximate surface area is 159 Å². The highest BCUT2D eigenvalue weighted by Gasteiger charge is 2.53. The first-order valence-electron chi connectivity index (χ1n) is 8.82. The van der Waals surface area contributed by atoms with Crippen LogP contribution in [0.4, 0.5) is 0 Å². The molecule has 12 atom stereocenters. The first kappa shape index (κ1) is 22.2. The molecule has 0 aliphatic carbocycles. The van der Waals surface area contributed by atoms with Crippen molar-refractivity contribution >= 4 is 0 Å². The lowest BCUT2D eigenvalue weighted by Gasteiger charge is -2.29. The fourth-order valence-corrected chi connectivity index (χ4v) is 3.43. The zero-order valence-corrected chi connectivity index (χ0v) is 14.7. The van der Waals surface area contributed by atoms with Gasteiger partial charge in [-0.05, 0) is 0 Å². The van der Waals surface area contributed by atoms with E-state index in [1.54, 1.807) is 0 Å². The second kappa shape index (κ2) is 9.09. The maximum absolute atomic E-state index is 10.1. The molecule has 0 aromatic rings. The maximum atomic E-state index is 10.1. The third-order valence-corrected chi connectivity index (χ3v) is 5.05. The van der Waals surface area contributed by atoms with E-state index in [4.69, 9.17) is 33.9 Å². The number of hydrogen-bond acceptors (Lipinski definition) is 13. The predicted octanol–water partition coefficient (Wildman–Crippen LogP) is -5.66. The van der Waals surface area contributed by atoms with Crippen molar-refractivity contribution in [3.63, 3.8) is 0 Å². The molecule has 3 aliphatic heterocycles. The zero-order chi connectivity index (χ0) is 20.6. The van der Waals surface area contributed by atoms with Crippen LogP contribution in [0.5, 0.6) is 0 Å². The molecule has 3 fully saturated rings. The number of hydrogen-bond donors (Lipinski definition) is 8.